The smallest absolute Gasteiger partial charge is 0.244 e. The molecule has 0 spiro atoms. The number of carbonyl (C=O) groups is 2. The molecule has 3 unspecified atom stereocenters. The Labute approximate surface area is 161 Å². The Hall–Kier alpha value is -1.92. The van der Waals surface area contributed by atoms with Crippen molar-refractivity contribution in [3.8, 4) is 0 Å². The maximum Gasteiger partial charge on any atom is 0.244 e. The van der Waals surface area contributed by atoms with Crippen LogP contribution in [-0.4, -0.2) is 66.4 Å². The van der Waals surface area contributed by atoms with Gasteiger partial charge < -0.3 is 15.5 Å². The van der Waals surface area contributed by atoms with E-state index in [2.05, 4.69) is 4.90 Å². The maximum absolute atomic E-state index is 12.9. The number of para-hydroxylation sites is 1. The number of anilines is 1. The zero-order chi connectivity index (χ0) is 18.8. The summed E-state index contributed by atoms with van der Waals surface area (Å²) in [5.74, 6) is 0.565. The molecule has 2 aliphatic heterocycles. The van der Waals surface area contributed by atoms with Crippen LogP contribution in [0.2, 0.25) is 0 Å². The van der Waals surface area contributed by atoms with Gasteiger partial charge in [-0.25, -0.2) is 0 Å². The fourth-order valence-corrected chi connectivity index (χ4v) is 4.83. The lowest BCUT2D eigenvalue weighted by Gasteiger charge is -2.39. The summed E-state index contributed by atoms with van der Waals surface area (Å²) in [5.41, 5.74) is 7.03. The second-order valence-corrected chi connectivity index (χ2v) is 8.11. The van der Waals surface area contributed by atoms with E-state index in [-0.39, 0.29) is 29.8 Å². The van der Waals surface area contributed by atoms with E-state index in [9.17, 15) is 9.59 Å². The highest BCUT2D eigenvalue weighted by Crippen LogP contribution is 2.27. The minimum absolute atomic E-state index is 0.0504. The first-order valence-electron chi connectivity index (χ1n) is 10.3. The normalized spacial score (nSPS) is 30.0. The van der Waals surface area contributed by atoms with Gasteiger partial charge in [0.1, 0.15) is 0 Å². The third kappa shape index (κ3) is 3.87. The highest BCUT2D eigenvalue weighted by atomic mass is 16.2. The molecule has 3 aliphatic rings. The molecule has 27 heavy (non-hydrogen) atoms. The zero-order valence-corrected chi connectivity index (χ0v) is 15.9. The first kappa shape index (κ1) is 18.4. The summed E-state index contributed by atoms with van der Waals surface area (Å²) in [7, 11) is 0. The summed E-state index contributed by atoms with van der Waals surface area (Å²) in [5, 5.41) is 0. The molecule has 2 amide bonds. The highest BCUT2D eigenvalue weighted by Gasteiger charge is 2.39. The molecule has 2 heterocycles. The summed E-state index contributed by atoms with van der Waals surface area (Å²) in [6.45, 7) is 3.78. The van der Waals surface area contributed by atoms with Crippen LogP contribution in [0.4, 0.5) is 5.69 Å². The van der Waals surface area contributed by atoms with E-state index < -0.39 is 0 Å². The summed E-state index contributed by atoms with van der Waals surface area (Å²) >= 11 is 0. The van der Waals surface area contributed by atoms with Crippen LogP contribution in [0, 0.1) is 5.92 Å². The molecule has 1 saturated carbocycles. The van der Waals surface area contributed by atoms with E-state index in [1.165, 1.54) is 0 Å². The number of carbonyl (C=O) groups excluding carboxylic acids is 2. The summed E-state index contributed by atoms with van der Waals surface area (Å²) < 4.78 is 0. The first-order valence-corrected chi connectivity index (χ1v) is 10.3. The van der Waals surface area contributed by atoms with Gasteiger partial charge in [-0.2, -0.15) is 0 Å². The Kier molecular flexibility index (Phi) is 5.45. The van der Waals surface area contributed by atoms with Gasteiger partial charge in [0.15, 0.2) is 0 Å². The van der Waals surface area contributed by atoms with Crippen LogP contribution in [0.1, 0.15) is 32.1 Å². The molecule has 3 atom stereocenters. The molecule has 0 aromatic heterocycles. The average Bonchev–Trinajstić information content (AvgIpc) is 3.09. The number of nitrogens with zero attached hydrogens (tertiary/aromatic N) is 3. The van der Waals surface area contributed by atoms with Gasteiger partial charge in [0.2, 0.25) is 11.8 Å². The lowest BCUT2D eigenvalue weighted by Crippen LogP contribution is -2.55. The van der Waals surface area contributed by atoms with Crippen molar-refractivity contribution in [1.82, 2.24) is 9.80 Å². The van der Waals surface area contributed by atoms with Gasteiger partial charge in [-0.05, 0) is 37.8 Å². The van der Waals surface area contributed by atoms with Crippen LogP contribution in [0.3, 0.4) is 0 Å². The van der Waals surface area contributed by atoms with Crippen LogP contribution in [0.15, 0.2) is 30.3 Å². The van der Waals surface area contributed by atoms with Gasteiger partial charge in [-0.3, -0.25) is 14.5 Å². The average molecular weight is 370 g/mol. The van der Waals surface area contributed by atoms with Gasteiger partial charge in [0.25, 0.3) is 0 Å². The minimum Gasteiger partial charge on any atom is -0.340 e. The molecule has 4 rings (SSSR count). The van der Waals surface area contributed by atoms with Crippen molar-refractivity contribution in [2.45, 2.75) is 44.2 Å². The largest absolute Gasteiger partial charge is 0.340 e. The van der Waals surface area contributed by atoms with E-state index in [1.54, 1.807) is 0 Å². The molecule has 6 nitrogen and oxygen atoms in total. The second-order valence-electron chi connectivity index (χ2n) is 8.11. The molecule has 1 aromatic carbocycles. The highest BCUT2D eigenvalue weighted by molar-refractivity contribution is 5.99. The van der Waals surface area contributed by atoms with Gasteiger partial charge in [0, 0.05) is 50.4 Å². The lowest BCUT2D eigenvalue weighted by atomic mass is 9.85. The topological polar surface area (TPSA) is 69.9 Å². The molecule has 0 radical (unpaired) electrons. The molecule has 2 N–H and O–H groups in total. The van der Waals surface area contributed by atoms with Crippen molar-refractivity contribution >= 4 is 17.5 Å². The van der Waals surface area contributed by atoms with E-state index in [1.807, 2.05) is 40.1 Å². The van der Waals surface area contributed by atoms with Crippen molar-refractivity contribution in [3.05, 3.63) is 30.3 Å². The van der Waals surface area contributed by atoms with E-state index in [0.29, 0.717) is 0 Å². The van der Waals surface area contributed by atoms with E-state index in [0.717, 1.165) is 70.5 Å². The maximum atomic E-state index is 12.9. The molecule has 6 heteroatoms. The quantitative estimate of drug-likeness (QED) is 0.874. The van der Waals surface area contributed by atoms with Crippen LogP contribution in [0.25, 0.3) is 0 Å². The second kappa shape index (κ2) is 7.98. The van der Waals surface area contributed by atoms with Crippen LogP contribution in [-0.2, 0) is 9.59 Å². The molecule has 1 aliphatic carbocycles. The summed E-state index contributed by atoms with van der Waals surface area (Å²) in [4.78, 5) is 31.9. The molecular formula is C21H30N4O2. The number of piperazine rings is 1. The fourth-order valence-electron chi connectivity index (χ4n) is 4.83. The molecule has 146 valence electrons. The minimum atomic E-state index is -0.0504. The Bertz CT molecular complexity index is 672. The van der Waals surface area contributed by atoms with Crippen molar-refractivity contribution in [2.75, 3.05) is 37.6 Å². The third-order valence-corrected chi connectivity index (χ3v) is 6.38. The van der Waals surface area contributed by atoms with E-state index in [4.69, 9.17) is 5.73 Å². The zero-order valence-electron chi connectivity index (χ0n) is 15.9. The summed E-state index contributed by atoms with van der Waals surface area (Å²) in [6, 6.07) is 10.0. The molecule has 3 fully saturated rings. The predicted octanol–water partition coefficient (Wildman–Crippen LogP) is 1.45. The number of hydrogen-bond acceptors (Lipinski definition) is 4. The van der Waals surface area contributed by atoms with Gasteiger partial charge in [-0.15, -0.1) is 0 Å². The number of benzene rings is 1. The lowest BCUT2D eigenvalue weighted by molar-refractivity contribution is -0.139. The first-order chi connectivity index (χ1) is 13.1. The van der Waals surface area contributed by atoms with Gasteiger partial charge >= 0.3 is 0 Å². The number of amides is 2. The number of rotatable bonds is 3. The van der Waals surface area contributed by atoms with Gasteiger partial charge in [-0.1, -0.05) is 24.6 Å². The van der Waals surface area contributed by atoms with Crippen molar-refractivity contribution in [3.63, 3.8) is 0 Å². The fraction of sp³-hybridized carbons (Fsp3) is 0.619. The third-order valence-electron chi connectivity index (χ3n) is 6.38. The Morgan fingerprint density at radius 2 is 1.70 bits per heavy atom. The predicted molar refractivity (Wildman–Crippen MR) is 105 cm³/mol. The van der Waals surface area contributed by atoms with Crippen molar-refractivity contribution < 1.29 is 9.59 Å². The molecule has 1 aromatic rings. The van der Waals surface area contributed by atoms with Crippen molar-refractivity contribution in [2.24, 2.45) is 11.7 Å². The van der Waals surface area contributed by atoms with Crippen LogP contribution in [0.5, 0.6) is 0 Å². The summed E-state index contributed by atoms with van der Waals surface area (Å²) in [6.07, 6.45) is 4.76. The number of nitrogens with two attached hydrogens (primary N) is 1. The van der Waals surface area contributed by atoms with Crippen molar-refractivity contribution in [1.29, 1.82) is 0 Å². The molecule has 2 saturated heterocycles. The van der Waals surface area contributed by atoms with Crippen LogP contribution < -0.4 is 10.6 Å². The van der Waals surface area contributed by atoms with Gasteiger partial charge in [0.05, 0.1) is 6.04 Å². The Morgan fingerprint density at radius 1 is 0.963 bits per heavy atom. The SMILES string of the molecule is NC1CCCC(C(=O)N2CCN(C3CCN(c4ccccc4)C3=O)CC2)C1. The Balaban J connectivity index is 1.32. The van der Waals surface area contributed by atoms with E-state index >= 15 is 0 Å². The standard InChI is InChI=1S/C21H30N4O2/c22-17-6-4-5-16(15-17)20(26)24-13-11-23(12-14-24)19-9-10-25(21(19)27)18-7-2-1-3-8-18/h1-3,7-8,16-17,19H,4-6,9-15,22H2. The molecular weight excluding hydrogens is 340 g/mol. The Morgan fingerprint density at radius 3 is 2.41 bits per heavy atom. The van der Waals surface area contributed by atoms with Crippen LogP contribution >= 0.6 is 0 Å². The molecule has 0 bridgehead atoms. The number of hydrogen-bond donors (Lipinski definition) is 1. The monoisotopic (exact) mass is 370 g/mol.